The fourth-order valence-electron chi connectivity index (χ4n) is 3.78. The number of rotatable bonds is 5. The van der Waals surface area contributed by atoms with Gasteiger partial charge in [-0.1, -0.05) is 35.9 Å². The van der Waals surface area contributed by atoms with Crippen LogP contribution in [0.1, 0.15) is 18.4 Å². The number of carbonyl (C=O) groups excluding carboxylic acids is 1. The fraction of sp³-hybridized carbons (Fsp3) is 0.381. The third kappa shape index (κ3) is 4.46. The van der Waals surface area contributed by atoms with Gasteiger partial charge in [0.2, 0.25) is 0 Å². The number of amides is 1. The first-order chi connectivity index (χ1) is 13.9. The van der Waals surface area contributed by atoms with Gasteiger partial charge in [-0.25, -0.2) is 8.78 Å². The van der Waals surface area contributed by atoms with Crippen molar-refractivity contribution in [2.24, 2.45) is 0 Å². The number of hydrogen-bond donors (Lipinski definition) is 2. The molecule has 5 nitrogen and oxygen atoms in total. The number of benzene rings is 1. The van der Waals surface area contributed by atoms with Gasteiger partial charge in [0.15, 0.2) is 0 Å². The first-order valence-corrected chi connectivity index (χ1v) is 10.1. The number of piperidine rings is 1. The van der Waals surface area contributed by atoms with E-state index in [2.05, 4.69) is 10.6 Å². The molecule has 1 fully saturated rings. The van der Waals surface area contributed by atoms with Crippen molar-refractivity contribution in [2.45, 2.75) is 31.5 Å². The van der Waals surface area contributed by atoms with Gasteiger partial charge < -0.3 is 15.5 Å². The Morgan fingerprint density at radius 1 is 1.24 bits per heavy atom. The molecule has 154 valence electrons. The molecule has 1 amide bonds. The summed E-state index contributed by atoms with van der Waals surface area (Å²) in [5, 5.41) is 6.79. The van der Waals surface area contributed by atoms with Crippen molar-refractivity contribution in [3.8, 4) is 0 Å². The summed E-state index contributed by atoms with van der Waals surface area (Å²) in [6.45, 7) is 1.57. The second kappa shape index (κ2) is 8.16. The Morgan fingerprint density at radius 3 is 2.76 bits per heavy atom. The molecule has 3 aliphatic rings. The normalized spacial score (nSPS) is 23.1. The van der Waals surface area contributed by atoms with Crippen LogP contribution in [-0.4, -0.2) is 47.4 Å². The van der Waals surface area contributed by atoms with Crippen LogP contribution < -0.4 is 10.6 Å². The van der Waals surface area contributed by atoms with E-state index in [0.717, 1.165) is 11.3 Å². The molecule has 3 aliphatic heterocycles. The number of alkyl halides is 2. The number of fused-ring (bicyclic) bond motifs is 1. The summed E-state index contributed by atoms with van der Waals surface area (Å²) in [7, 11) is 0. The van der Waals surface area contributed by atoms with Gasteiger partial charge in [-0.3, -0.25) is 9.69 Å². The maximum Gasteiger partial charge on any atom is 0.269 e. The molecule has 1 aromatic rings. The van der Waals surface area contributed by atoms with Gasteiger partial charge in [-0.15, -0.1) is 0 Å². The van der Waals surface area contributed by atoms with Crippen molar-refractivity contribution >= 4 is 17.5 Å². The average molecular weight is 421 g/mol. The highest BCUT2D eigenvalue weighted by atomic mass is 35.5. The van der Waals surface area contributed by atoms with E-state index < -0.39 is 5.92 Å². The van der Waals surface area contributed by atoms with Gasteiger partial charge in [0.25, 0.3) is 11.8 Å². The molecule has 8 heteroatoms. The Balaban J connectivity index is 1.42. The summed E-state index contributed by atoms with van der Waals surface area (Å²) in [5.74, 6) is -2.79. The van der Waals surface area contributed by atoms with Crippen molar-refractivity contribution in [1.82, 2.24) is 20.4 Å². The number of allylic oxidation sites excluding steroid dienone is 3. The van der Waals surface area contributed by atoms with E-state index in [0.29, 0.717) is 36.9 Å². The molecule has 4 rings (SSSR count). The Labute approximate surface area is 173 Å². The third-order valence-electron chi connectivity index (χ3n) is 5.44. The summed E-state index contributed by atoms with van der Waals surface area (Å²) >= 11 is 6.16. The smallest absolute Gasteiger partial charge is 0.269 e. The van der Waals surface area contributed by atoms with E-state index in [1.165, 1.54) is 0 Å². The van der Waals surface area contributed by atoms with Crippen LogP contribution in [0, 0.1) is 0 Å². The number of carbonyl (C=O) groups is 1. The molecule has 29 heavy (non-hydrogen) atoms. The second-order valence-corrected chi connectivity index (χ2v) is 7.87. The van der Waals surface area contributed by atoms with Gasteiger partial charge in [0, 0.05) is 50.2 Å². The molecule has 0 spiro atoms. The molecule has 1 aromatic carbocycles. The molecule has 0 aliphatic carbocycles. The van der Waals surface area contributed by atoms with Gasteiger partial charge in [-0.2, -0.15) is 0 Å². The SMILES string of the molecule is O=C(NCc1ccccc1Cl)C1=C2C=CC=CN2C(CN2CCC(F)(F)CC2)N1. The zero-order valence-corrected chi connectivity index (χ0v) is 16.6. The Bertz CT molecular complexity index is 873. The maximum absolute atomic E-state index is 13.4. The van der Waals surface area contributed by atoms with Crippen LogP contribution in [0.4, 0.5) is 8.78 Å². The number of hydrogen-bond acceptors (Lipinski definition) is 4. The van der Waals surface area contributed by atoms with Crippen LogP contribution in [0.5, 0.6) is 0 Å². The second-order valence-electron chi connectivity index (χ2n) is 7.46. The van der Waals surface area contributed by atoms with Crippen LogP contribution in [0.3, 0.4) is 0 Å². The van der Waals surface area contributed by atoms with Crippen molar-refractivity contribution in [3.05, 3.63) is 70.7 Å². The summed E-state index contributed by atoms with van der Waals surface area (Å²) in [5.41, 5.74) is 2.09. The lowest BCUT2D eigenvalue weighted by Crippen LogP contribution is -2.49. The topological polar surface area (TPSA) is 47.6 Å². The minimum absolute atomic E-state index is 0.124. The summed E-state index contributed by atoms with van der Waals surface area (Å²) in [4.78, 5) is 16.8. The minimum Gasteiger partial charge on any atom is -0.358 e. The van der Waals surface area contributed by atoms with Crippen molar-refractivity contribution in [1.29, 1.82) is 0 Å². The first kappa shape index (κ1) is 19.9. The highest BCUT2D eigenvalue weighted by Crippen LogP contribution is 2.30. The van der Waals surface area contributed by atoms with Crippen LogP contribution in [0.25, 0.3) is 0 Å². The highest BCUT2D eigenvalue weighted by Gasteiger charge is 2.38. The fourth-order valence-corrected chi connectivity index (χ4v) is 3.98. The van der Waals surface area contributed by atoms with Crippen molar-refractivity contribution in [3.63, 3.8) is 0 Å². The van der Waals surface area contributed by atoms with E-state index in [9.17, 15) is 13.6 Å². The summed E-state index contributed by atoms with van der Waals surface area (Å²) in [6, 6.07) is 7.37. The van der Waals surface area contributed by atoms with Crippen LogP contribution in [0.15, 0.2) is 60.1 Å². The highest BCUT2D eigenvalue weighted by molar-refractivity contribution is 6.31. The predicted molar refractivity (Wildman–Crippen MR) is 108 cm³/mol. The number of nitrogens with one attached hydrogen (secondary N) is 2. The number of likely N-dealkylation sites (tertiary alicyclic amines) is 1. The van der Waals surface area contributed by atoms with Gasteiger partial charge in [-0.05, 0) is 23.8 Å². The van der Waals surface area contributed by atoms with Crippen molar-refractivity contribution in [2.75, 3.05) is 19.6 Å². The Kier molecular flexibility index (Phi) is 5.61. The van der Waals surface area contributed by atoms with Gasteiger partial charge in [0.05, 0.1) is 5.70 Å². The lowest BCUT2D eigenvalue weighted by Gasteiger charge is -2.35. The van der Waals surface area contributed by atoms with E-state index in [-0.39, 0.29) is 24.9 Å². The van der Waals surface area contributed by atoms with E-state index in [1.54, 1.807) is 6.07 Å². The Morgan fingerprint density at radius 2 is 2.00 bits per heavy atom. The number of halogens is 3. The average Bonchev–Trinajstić information content (AvgIpc) is 3.07. The molecule has 0 bridgehead atoms. The third-order valence-corrected chi connectivity index (χ3v) is 5.80. The quantitative estimate of drug-likeness (QED) is 0.768. The lowest BCUT2D eigenvalue weighted by atomic mass is 10.1. The molecular formula is C21H23ClF2N4O. The molecule has 0 saturated carbocycles. The molecular weight excluding hydrogens is 398 g/mol. The molecule has 0 radical (unpaired) electrons. The summed E-state index contributed by atoms with van der Waals surface area (Å²) < 4.78 is 26.9. The zero-order valence-electron chi connectivity index (χ0n) is 15.9. The van der Waals surface area contributed by atoms with E-state index >= 15 is 0 Å². The van der Waals surface area contributed by atoms with E-state index in [4.69, 9.17) is 11.6 Å². The molecule has 0 aromatic heterocycles. The molecule has 1 saturated heterocycles. The van der Waals surface area contributed by atoms with Gasteiger partial charge in [0.1, 0.15) is 11.9 Å². The molecule has 1 unspecified atom stereocenters. The monoisotopic (exact) mass is 420 g/mol. The van der Waals surface area contributed by atoms with E-state index in [1.807, 2.05) is 52.4 Å². The predicted octanol–water partition coefficient (Wildman–Crippen LogP) is 3.21. The summed E-state index contributed by atoms with van der Waals surface area (Å²) in [6.07, 6.45) is 7.12. The first-order valence-electron chi connectivity index (χ1n) is 9.69. The van der Waals surface area contributed by atoms with Crippen LogP contribution >= 0.6 is 11.6 Å². The molecule has 1 atom stereocenters. The standard InChI is InChI=1S/C21H23ClF2N4O/c22-16-6-2-1-5-15(16)13-25-20(29)19-17-7-3-4-10-28(17)18(26-19)14-27-11-8-21(23,24)9-12-27/h1-7,10,18,26H,8-9,11-14H2,(H,25,29). The minimum atomic E-state index is -2.57. The number of nitrogens with zero attached hydrogens (tertiary/aromatic N) is 2. The lowest BCUT2D eigenvalue weighted by molar-refractivity contribution is -0.118. The van der Waals surface area contributed by atoms with Gasteiger partial charge >= 0.3 is 0 Å². The Hall–Kier alpha value is -2.38. The van der Waals surface area contributed by atoms with Crippen LogP contribution in [-0.2, 0) is 11.3 Å². The van der Waals surface area contributed by atoms with Crippen molar-refractivity contribution < 1.29 is 13.6 Å². The molecule has 3 heterocycles. The molecule has 2 N–H and O–H groups in total. The largest absolute Gasteiger partial charge is 0.358 e. The zero-order chi connectivity index (χ0) is 20.4. The maximum atomic E-state index is 13.4. The van der Waals surface area contributed by atoms with Crippen LogP contribution in [0.2, 0.25) is 5.02 Å².